The Balaban J connectivity index is 1.47. The van der Waals surface area contributed by atoms with Gasteiger partial charge in [-0.25, -0.2) is 8.42 Å². The maximum Gasteiger partial charge on any atom is 0.243 e. The zero-order valence-electron chi connectivity index (χ0n) is 16.7. The van der Waals surface area contributed by atoms with Crippen molar-refractivity contribution in [3.05, 3.63) is 59.2 Å². The van der Waals surface area contributed by atoms with E-state index in [1.165, 1.54) is 16.8 Å². The van der Waals surface area contributed by atoms with E-state index in [4.69, 9.17) is 0 Å². The molecule has 156 valence electrons. The topological polar surface area (TPSA) is 78.0 Å². The summed E-state index contributed by atoms with van der Waals surface area (Å²) in [6.07, 6.45) is 1.42. The first-order valence-electron chi connectivity index (χ1n) is 10.1. The van der Waals surface area contributed by atoms with Crippen LogP contribution in [-0.4, -0.2) is 55.6 Å². The molecule has 2 aromatic rings. The highest BCUT2D eigenvalue weighted by atomic mass is 32.2. The lowest BCUT2D eigenvalue weighted by molar-refractivity contribution is -0.138. The molecule has 1 unspecified atom stereocenters. The number of benzene rings is 2. The molecule has 30 heavy (non-hydrogen) atoms. The number of sulfonamides is 1. The van der Waals surface area contributed by atoms with Gasteiger partial charge in [-0.15, -0.1) is 0 Å². The predicted octanol–water partition coefficient (Wildman–Crippen LogP) is 1.73. The highest BCUT2D eigenvalue weighted by Gasteiger charge is 2.41. The van der Waals surface area contributed by atoms with Crippen molar-refractivity contribution in [1.82, 2.24) is 9.21 Å². The minimum Gasteiger partial charge on any atom is -0.333 e. The lowest BCUT2D eigenvalue weighted by Crippen LogP contribution is -2.55. The molecule has 3 heterocycles. The molecule has 1 fully saturated rings. The Kier molecular flexibility index (Phi) is 4.44. The van der Waals surface area contributed by atoms with E-state index >= 15 is 0 Å². The molecule has 0 N–H and O–H groups in total. The van der Waals surface area contributed by atoms with Crippen LogP contribution in [0.25, 0.3) is 0 Å². The highest BCUT2D eigenvalue weighted by molar-refractivity contribution is 7.89. The van der Waals surface area contributed by atoms with Gasteiger partial charge in [0.15, 0.2) is 0 Å². The first kappa shape index (κ1) is 19.3. The number of hydrogen-bond acceptors (Lipinski definition) is 4. The van der Waals surface area contributed by atoms with Gasteiger partial charge >= 0.3 is 0 Å². The Morgan fingerprint density at radius 3 is 2.60 bits per heavy atom. The van der Waals surface area contributed by atoms with Crippen LogP contribution >= 0.6 is 0 Å². The minimum atomic E-state index is -3.82. The average molecular weight is 426 g/mol. The molecule has 8 heteroatoms. The van der Waals surface area contributed by atoms with Crippen LogP contribution < -0.4 is 4.90 Å². The number of amides is 2. The van der Waals surface area contributed by atoms with Crippen LogP contribution in [0.1, 0.15) is 29.7 Å². The summed E-state index contributed by atoms with van der Waals surface area (Å²) in [6.45, 7) is 2.80. The minimum absolute atomic E-state index is 0.0537. The molecule has 2 amide bonds. The van der Waals surface area contributed by atoms with Gasteiger partial charge in [0.25, 0.3) is 0 Å². The number of anilines is 1. The molecule has 0 aliphatic carbocycles. The third kappa shape index (κ3) is 2.94. The first-order valence-corrected chi connectivity index (χ1v) is 11.6. The highest BCUT2D eigenvalue weighted by Crippen LogP contribution is 2.36. The van der Waals surface area contributed by atoms with Crippen LogP contribution in [0.15, 0.2) is 47.4 Å². The van der Waals surface area contributed by atoms with Gasteiger partial charge in [0.1, 0.15) is 0 Å². The third-order valence-electron chi connectivity index (χ3n) is 6.39. The summed E-state index contributed by atoms with van der Waals surface area (Å²) in [5.74, 6) is -0.213. The van der Waals surface area contributed by atoms with E-state index < -0.39 is 10.0 Å². The quantitative estimate of drug-likeness (QED) is 0.734. The largest absolute Gasteiger partial charge is 0.333 e. The van der Waals surface area contributed by atoms with Crippen molar-refractivity contribution in [2.45, 2.75) is 30.7 Å². The van der Waals surface area contributed by atoms with Crippen molar-refractivity contribution in [2.75, 3.05) is 31.1 Å². The Morgan fingerprint density at radius 1 is 1.03 bits per heavy atom. The van der Waals surface area contributed by atoms with Gasteiger partial charge in [-0.1, -0.05) is 24.3 Å². The van der Waals surface area contributed by atoms with Crippen LogP contribution in [0.5, 0.6) is 0 Å². The second-order valence-corrected chi connectivity index (χ2v) is 10.00. The predicted molar refractivity (Wildman–Crippen MR) is 112 cm³/mol. The summed E-state index contributed by atoms with van der Waals surface area (Å²) in [4.78, 5) is 28.2. The van der Waals surface area contributed by atoms with Crippen LogP contribution in [0.4, 0.5) is 5.69 Å². The fourth-order valence-corrected chi connectivity index (χ4v) is 6.29. The van der Waals surface area contributed by atoms with Crippen LogP contribution in [0, 0.1) is 0 Å². The standard InChI is InChI=1S/C22H23N3O4S/c1-15(26)24-10-9-17-12-18(6-7-20(17)24)30(28,29)23-13-21-19-5-3-2-4-16(19)8-11-25(21)22(27)14-23/h2-7,12,21H,8-11,13-14H2,1H3. The van der Waals surface area contributed by atoms with Crippen molar-refractivity contribution in [3.63, 3.8) is 0 Å². The third-order valence-corrected chi connectivity index (χ3v) is 8.19. The van der Waals surface area contributed by atoms with E-state index in [1.54, 1.807) is 23.1 Å². The molecule has 3 aliphatic heterocycles. The summed E-state index contributed by atoms with van der Waals surface area (Å²) in [7, 11) is -3.82. The maximum atomic E-state index is 13.4. The first-order chi connectivity index (χ1) is 14.4. The molecular weight excluding hydrogens is 402 g/mol. The van der Waals surface area contributed by atoms with Gasteiger partial charge < -0.3 is 9.80 Å². The van der Waals surface area contributed by atoms with Gasteiger partial charge in [-0.2, -0.15) is 4.31 Å². The molecule has 5 rings (SSSR count). The van der Waals surface area contributed by atoms with Crippen molar-refractivity contribution in [3.8, 4) is 0 Å². The Hall–Kier alpha value is -2.71. The SMILES string of the molecule is CC(=O)N1CCc2cc(S(=O)(=O)N3CC(=O)N4CCc5ccccc5C4C3)ccc21. The molecule has 0 saturated carbocycles. The van der Waals surface area contributed by atoms with Gasteiger partial charge in [0, 0.05) is 32.2 Å². The van der Waals surface area contributed by atoms with E-state index in [0.29, 0.717) is 19.5 Å². The number of hydrogen-bond donors (Lipinski definition) is 0. The molecule has 7 nitrogen and oxygen atoms in total. The van der Waals surface area contributed by atoms with Gasteiger partial charge in [0.2, 0.25) is 21.8 Å². The van der Waals surface area contributed by atoms with E-state index in [9.17, 15) is 18.0 Å². The molecule has 1 atom stereocenters. The Morgan fingerprint density at radius 2 is 1.80 bits per heavy atom. The van der Waals surface area contributed by atoms with Crippen molar-refractivity contribution in [2.24, 2.45) is 0 Å². The lowest BCUT2D eigenvalue weighted by atomic mass is 9.91. The van der Waals surface area contributed by atoms with Crippen LogP contribution in [-0.2, 0) is 32.5 Å². The summed E-state index contributed by atoms with van der Waals surface area (Å²) in [6, 6.07) is 12.6. The Labute approximate surface area is 175 Å². The van der Waals surface area contributed by atoms with Crippen molar-refractivity contribution >= 4 is 27.5 Å². The average Bonchev–Trinajstić information content (AvgIpc) is 3.17. The van der Waals surface area contributed by atoms with Gasteiger partial charge in [-0.3, -0.25) is 9.59 Å². The number of nitrogens with zero attached hydrogens (tertiary/aromatic N) is 3. The van der Waals surface area contributed by atoms with Gasteiger partial charge in [-0.05, 0) is 47.7 Å². The number of carbonyl (C=O) groups is 2. The number of piperazine rings is 1. The zero-order valence-corrected chi connectivity index (χ0v) is 17.6. The monoisotopic (exact) mass is 425 g/mol. The summed E-state index contributed by atoms with van der Waals surface area (Å²) < 4.78 is 28.1. The molecule has 2 aromatic carbocycles. The normalized spacial score (nSPS) is 21.2. The maximum absolute atomic E-state index is 13.4. The summed E-state index contributed by atoms with van der Waals surface area (Å²) in [5.41, 5.74) is 3.82. The van der Waals surface area contributed by atoms with E-state index in [0.717, 1.165) is 23.2 Å². The Bertz CT molecular complexity index is 1160. The number of carbonyl (C=O) groups excluding carboxylic acids is 2. The van der Waals surface area contributed by atoms with Crippen molar-refractivity contribution in [1.29, 1.82) is 0 Å². The number of rotatable bonds is 2. The smallest absolute Gasteiger partial charge is 0.243 e. The molecular formula is C22H23N3O4S. The van der Waals surface area contributed by atoms with Crippen LogP contribution in [0.3, 0.4) is 0 Å². The summed E-state index contributed by atoms with van der Waals surface area (Å²) >= 11 is 0. The molecule has 3 aliphatic rings. The second kappa shape index (κ2) is 6.92. The number of fused-ring (bicyclic) bond motifs is 4. The second-order valence-electron chi connectivity index (χ2n) is 8.06. The molecule has 0 bridgehead atoms. The van der Waals surface area contributed by atoms with Crippen molar-refractivity contribution < 1.29 is 18.0 Å². The van der Waals surface area contributed by atoms with Crippen LogP contribution in [0.2, 0.25) is 0 Å². The zero-order chi connectivity index (χ0) is 21.0. The fourth-order valence-electron chi connectivity index (χ4n) is 4.84. The fraction of sp³-hybridized carbons (Fsp3) is 0.364. The molecule has 1 saturated heterocycles. The lowest BCUT2D eigenvalue weighted by Gasteiger charge is -2.44. The molecule has 0 aromatic heterocycles. The molecule has 0 spiro atoms. The molecule has 0 radical (unpaired) electrons. The van der Waals surface area contributed by atoms with E-state index in [1.807, 2.05) is 29.2 Å². The van der Waals surface area contributed by atoms with E-state index in [-0.39, 0.29) is 35.8 Å². The summed E-state index contributed by atoms with van der Waals surface area (Å²) in [5, 5.41) is 0. The van der Waals surface area contributed by atoms with E-state index in [2.05, 4.69) is 0 Å². The van der Waals surface area contributed by atoms with Gasteiger partial charge in [0.05, 0.1) is 17.5 Å².